The van der Waals surface area contributed by atoms with Gasteiger partial charge in [0.05, 0.1) is 6.04 Å². The third-order valence-corrected chi connectivity index (χ3v) is 3.86. The topological polar surface area (TPSA) is 58.3 Å². The van der Waals surface area contributed by atoms with Crippen molar-refractivity contribution in [1.29, 1.82) is 0 Å². The van der Waals surface area contributed by atoms with Crippen LogP contribution in [0.3, 0.4) is 0 Å². The van der Waals surface area contributed by atoms with Crippen molar-refractivity contribution < 1.29 is 5.11 Å². The Hall–Kier alpha value is -0.420. The van der Waals surface area contributed by atoms with Crippen LogP contribution in [0.1, 0.15) is 35.6 Å². The van der Waals surface area contributed by atoms with E-state index in [1.54, 1.807) is 11.3 Å². The van der Waals surface area contributed by atoms with Gasteiger partial charge in [-0.3, -0.25) is 0 Å². The van der Waals surface area contributed by atoms with Crippen LogP contribution in [0.4, 0.5) is 0 Å². The highest BCUT2D eigenvalue weighted by molar-refractivity contribution is 7.12. The molecule has 0 amide bonds. The van der Waals surface area contributed by atoms with Gasteiger partial charge in [0.2, 0.25) is 0 Å². The molecule has 92 valence electrons. The summed E-state index contributed by atoms with van der Waals surface area (Å²) in [5.41, 5.74) is 5.79. The Bertz CT molecular complexity index is 301. The van der Waals surface area contributed by atoms with E-state index in [4.69, 9.17) is 10.8 Å². The lowest BCUT2D eigenvalue weighted by atomic mass is 10.1. The van der Waals surface area contributed by atoms with Gasteiger partial charge in [-0.2, -0.15) is 0 Å². The van der Waals surface area contributed by atoms with E-state index in [1.807, 2.05) is 0 Å². The number of aliphatic hydroxyl groups excluding tert-OH is 1. The number of rotatable bonds is 7. The van der Waals surface area contributed by atoms with Crippen LogP contribution in [0, 0.1) is 6.92 Å². The molecule has 0 aliphatic rings. The van der Waals surface area contributed by atoms with E-state index >= 15 is 0 Å². The lowest BCUT2D eigenvalue weighted by molar-refractivity contribution is 0.256. The molecular formula is C12H22N2OS. The standard InChI is InChI=1S/C12H22N2OS/c1-3-10(6-7-15)14-11(8-13)12-5-4-9(2)16-12/h4-5,10-11,14-15H,3,6-8,13H2,1-2H3. The van der Waals surface area contributed by atoms with E-state index in [-0.39, 0.29) is 12.6 Å². The van der Waals surface area contributed by atoms with E-state index < -0.39 is 0 Å². The summed E-state index contributed by atoms with van der Waals surface area (Å²) in [6, 6.07) is 4.82. The Morgan fingerprint density at radius 3 is 2.69 bits per heavy atom. The van der Waals surface area contributed by atoms with E-state index in [9.17, 15) is 0 Å². The van der Waals surface area contributed by atoms with Crippen LogP contribution in [0.5, 0.6) is 0 Å². The Balaban J connectivity index is 2.60. The van der Waals surface area contributed by atoms with E-state index in [1.165, 1.54) is 9.75 Å². The molecule has 1 rings (SSSR count). The number of thiophene rings is 1. The molecule has 4 heteroatoms. The van der Waals surface area contributed by atoms with Crippen molar-refractivity contribution in [2.45, 2.75) is 38.8 Å². The summed E-state index contributed by atoms with van der Waals surface area (Å²) < 4.78 is 0. The summed E-state index contributed by atoms with van der Waals surface area (Å²) in [4.78, 5) is 2.60. The Morgan fingerprint density at radius 2 is 2.25 bits per heavy atom. The molecule has 0 fully saturated rings. The first-order chi connectivity index (χ1) is 7.71. The highest BCUT2D eigenvalue weighted by Crippen LogP contribution is 2.23. The number of nitrogens with one attached hydrogen (secondary N) is 1. The summed E-state index contributed by atoms with van der Waals surface area (Å²) in [7, 11) is 0. The molecule has 0 aliphatic carbocycles. The van der Waals surface area contributed by atoms with Crippen LogP contribution in [-0.4, -0.2) is 24.3 Å². The summed E-state index contributed by atoms with van der Waals surface area (Å²) in [5, 5.41) is 12.5. The predicted molar refractivity (Wildman–Crippen MR) is 69.8 cm³/mol. The van der Waals surface area contributed by atoms with Crippen molar-refractivity contribution in [3.05, 3.63) is 21.9 Å². The first-order valence-corrected chi connectivity index (χ1v) is 6.66. The maximum atomic E-state index is 8.96. The second-order valence-electron chi connectivity index (χ2n) is 4.02. The van der Waals surface area contributed by atoms with Crippen LogP contribution in [0.25, 0.3) is 0 Å². The zero-order valence-corrected chi connectivity index (χ0v) is 10.9. The average Bonchev–Trinajstić information content (AvgIpc) is 2.71. The van der Waals surface area contributed by atoms with Gasteiger partial charge >= 0.3 is 0 Å². The molecule has 0 bridgehead atoms. The van der Waals surface area contributed by atoms with Gasteiger partial charge in [0.1, 0.15) is 0 Å². The van der Waals surface area contributed by atoms with Crippen molar-refractivity contribution in [3.63, 3.8) is 0 Å². The van der Waals surface area contributed by atoms with Gasteiger partial charge in [-0.05, 0) is 31.9 Å². The molecule has 4 N–H and O–H groups in total. The molecule has 3 nitrogen and oxygen atoms in total. The number of hydrogen-bond donors (Lipinski definition) is 3. The van der Waals surface area contributed by atoms with Crippen molar-refractivity contribution in [2.24, 2.45) is 5.73 Å². The number of aliphatic hydroxyl groups is 1. The number of nitrogens with two attached hydrogens (primary N) is 1. The normalized spacial score (nSPS) is 15.0. The van der Waals surface area contributed by atoms with Gasteiger partial charge in [0.15, 0.2) is 0 Å². The predicted octanol–water partition coefficient (Wildman–Crippen LogP) is 1.81. The lowest BCUT2D eigenvalue weighted by Crippen LogP contribution is -2.36. The Labute approximate surface area is 102 Å². The van der Waals surface area contributed by atoms with Gasteiger partial charge in [-0.1, -0.05) is 6.92 Å². The fourth-order valence-electron chi connectivity index (χ4n) is 1.75. The fourth-order valence-corrected chi connectivity index (χ4v) is 2.70. The molecule has 0 saturated heterocycles. The quantitative estimate of drug-likeness (QED) is 0.683. The maximum absolute atomic E-state index is 8.96. The average molecular weight is 242 g/mol. The summed E-state index contributed by atoms with van der Waals surface area (Å²) in [5.74, 6) is 0. The second-order valence-corrected chi connectivity index (χ2v) is 5.34. The lowest BCUT2D eigenvalue weighted by Gasteiger charge is -2.22. The Morgan fingerprint density at radius 1 is 1.50 bits per heavy atom. The molecule has 2 unspecified atom stereocenters. The minimum Gasteiger partial charge on any atom is -0.396 e. The molecule has 1 heterocycles. The molecule has 1 aromatic heterocycles. The molecule has 0 spiro atoms. The first-order valence-electron chi connectivity index (χ1n) is 5.84. The minimum atomic E-state index is 0.218. The highest BCUT2D eigenvalue weighted by atomic mass is 32.1. The van der Waals surface area contributed by atoms with Crippen molar-refractivity contribution in [1.82, 2.24) is 5.32 Å². The Kier molecular flexibility index (Phi) is 5.98. The molecule has 16 heavy (non-hydrogen) atoms. The van der Waals surface area contributed by atoms with Crippen molar-refractivity contribution in [2.75, 3.05) is 13.2 Å². The third-order valence-electron chi connectivity index (χ3n) is 2.75. The molecule has 0 aliphatic heterocycles. The van der Waals surface area contributed by atoms with Gasteiger partial charge < -0.3 is 16.2 Å². The maximum Gasteiger partial charge on any atom is 0.0541 e. The highest BCUT2D eigenvalue weighted by Gasteiger charge is 2.15. The van der Waals surface area contributed by atoms with Gasteiger partial charge in [-0.25, -0.2) is 0 Å². The molecule has 0 saturated carbocycles. The van der Waals surface area contributed by atoms with E-state index in [2.05, 4.69) is 31.3 Å². The fraction of sp³-hybridized carbons (Fsp3) is 0.667. The van der Waals surface area contributed by atoms with E-state index in [0.717, 1.165) is 12.8 Å². The summed E-state index contributed by atoms with van der Waals surface area (Å²) in [6.45, 7) is 5.06. The van der Waals surface area contributed by atoms with Crippen LogP contribution < -0.4 is 11.1 Å². The summed E-state index contributed by atoms with van der Waals surface area (Å²) in [6.07, 6.45) is 1.80. The van der Waals surface area contributed by atoms with Crippen LogP contribution >= 0.6 is 11.3 Å². The molecular weight excluding hydrogens is 220 g/mol. The van der Waals surface area contributed by atoms with Crippen molar-refractivity contribution in [3.8, 4) is 0 Å². The zero-order valence-electron chi connectivity index (χ0n) is 10.1. The van der Waals surface area contributed by atoms with Crippen LogP contribution in [0.15, 0.2) is 12.1 Å². The second kappa shape index (κ2) is 7.01. The van der Waals surface area contributed by atoms with Gasteiger partial charge in [-0.15, -0.1) is 11.3 Å². The zero-order chi connectivity index (χ0) is 12.0. The van der Waals surface area contributed by atoms with Gasteiger partial charge in [0.25, 0.3) is 0 Å². The van der Waals surface area contributed by atoms with Crippen LogP contribution in [0.2, 0.25) is 0 Å². The number of aryl methyl sites for hydroxylation is 1. The number of hydrogen-bond acceptors (Lipinski definition) is 4. The smallest absolute Gasteiger partial charge is 0.0541 e. The largest absolute Gasteiger partial charge is 0.396 e. The third kappa shape index (κ3) is 3.87. The van der Waals surface area contributed by atoms with E-state index in [0.29, 0.717) is 12.6 Å². The van der Waals surface area contributed by atoms with Crippen LogP contribution in [-0.2, 0) is 0 Å². The molecule has 0 aromatic carbocycles. The summed E-state index contributed by atoms with van der Waals surface area (Å²) >= 11 is 1.79. The molecule has 1 aromatic rings. The molecule has 0 radical (unpaired) electrons. The SMILES string of the molecule is CCC(CCO)NC(CN)c1ccc(C)s1. The van der Waals surface area contributed by atoms with Crippen molar-refractivity contribution >= 4 is 11.3 Å². The van der Waals surface area contributed by atoms with Gasteiger partial charge in [0, 0.05) is 28.9 Å². The monoisotopic (exact) mass is 242 g/mol. The minimum absolute atomic E-state index is 0.218. The molecule has 2 atom stereocenters. The first kappa shape index (κ1) is 13.6.